The van der Waals surface area contributed by atoms with Crippen LogP contribution in [0.5, 0.6) is 23.0 Å². The number of phenols is 2. The molecular formula is C38H42N2O12. The number of hydrogen-bond acceptors (Lipinski definition) is 14. The summed E-state index contributed by atoms with van der Waals surface area (Å²) in [5.41, 5.74) is 1.25. The molecule has 0 spiro atoms. The van der Waals surface area contributed by atoms with Gasteiger partial charge in [0, 0.05) is 11.4 Å². The Morgan fingerprint density at radius 3 is 1.13 bits per heavy atom. The number of aromatic hydroxyl groups is 2. The molecule has 1 aliphatic rings. The van der Waals surface area contributed by atoms with E-state index in [1.807, 2.05) is 0 Å². The van der Waals surface area contributed by atoms with Crippen molar-refractivity contribution in [1.29, 1.82) is 0 Å². The van der Waals surface area contributed by atoms with Gasteiger partial charge in [-0.2, -0.15) is 0 Å². The topological polar surface area (TPSA) is 194 Å². The fraction of sp³-hybridized carbons (Fsp3) is 0.316. The Morgan fingerprint density at radius 1 is 0.423 bits per heavy atom. The van der Waals surface area contributed by atoms with Crippen LogP contribution in [0.3, 0.4) is 0 Å². The monoisotopic (exact) mass is 718 g/mol. The minimum Gasteiger partial charge on any atom is -0.507 e. The van der Waals surface area contributed by atoms with E-state index in [1.54, 1.807) is 48.5 Å². The number of aliphatic hydroxyl groups excluding tert-OH is 2. The molecule has 0 saturated heterocycles. The van der Waals surface area contributed by atoms with Gasteiger partial charge in [0.15, 0.2) is 0 Å². The number of nitrogens with one attached hydrogen (secondary N) is 2. The molecule has 0 bridgehead atoms. The van der Waals surface area contributed by atoms with E-state index < -0.39 is 11.6 Å². The standard InChI is InChI=1S/C38H42N2O12/c41-13-15-47-17-19-49-21-23-51-27-5-1-25(2-6-27)39-29-9-11-31(43)35-33(29)37(45)36-32(44)12-10-30(34(36)38(35)46)40-26-3-7-28(8-4-26)52-24-22-50-20-18-48-16-14-42/h1-12,39-44H,13-24H2. The molecule has 4 aromatic carbocycles. The number of benzene rings is 4. The zero-order valence-corrected chi connectivity index (χ0v) is 28.5. The van der Waals surface area contributed by atoms with Crippen molar-refractivity contribution in [2.75, 3.05) is 89.9 Å². The van der Waals surface area contributed by atoms with Crippen molar-refractivity contribution in [2.24, 2.45) is 0 Å². The van der Waals surface area contributed by atoms with Gasteiger partial charge in [-0.1, -0.05) is 0 Å². The predicted octanol–water partition coefficient (Wildman–Crippen LogP) is 4.17. The van der Waals surface area contributed by atoms with Crippen LogP contribution in [-0.4, -0.2) is 111 Å². The van der Waals surface area contributed by atoms with Crippen molar-refractivity contribution in [3.05, 3.63) is 95.1 Å². The lowest BCUT2D eigenvalue weighted by atomic mass is 9.81. The Labute approximate surface area is 300 Å². The number of phenolic OH excluding ortho intramolecular Hbond substituents is 2. The van der Waals surface area contributed by atoms with E-state index in [4.69, 9.17) is 38.6 Å². The largest absolute Gasteiger partial charge is 0.507 e. The van der Waals surface area contributed by atoms with Crippen molar-refractivity contribution in [3.63, 3.8) is 0 Å². The van der Waals surface area contributed by atoms with E-state index in [0.29, 0.717) is 75.7 Å². The van der Waals surface area contributed by atoms with Crippen molar-refractivity contribution in [2.45, 2.75) is 0 Å². The zero-order valence-electron chi connectivity index (χ0n) is 28.5. The average Bonchev–Trinajstić information content (AvgIpc) is 3.15. The van der Waals surface area contributed by atoms with Crippen LogP contribution in [0.2, 0.25) is 0 Å². The van der Waals surface area contributed by atoms with Crippen LogP contribution in [0.15, 0.2) is 72.8 Å². The highest BCUT2D eigenvalue weighted by Gasteiger charge is 2.38. The van der Waals surface area contributed by atoms with Crippen molar-refractivity contribution < 1.29 is 58.4 Å². The average molecular weight is 719 g/mol. The normalized spacial score (nSPS) is 12.0. The molecular weight excluding hydrogens is 676 g/mol. The van der Waals surface area contributed by atoms with Crippen molar-refractivity contribution >= 4 is 34.3 Å². The third-order valence-electron chi connectivity index (χ3n) is 7.75. The minimum absolute atomic E-state index is 0.0353. The molecule has 0 amide bonds. The molecule has 0 aromatic heterocycles. The van der Waals surface area contributed by atoms with Crippen LogP contribution in [-0.2, 0) is 18.9 Å². The number of hydrogen-bond donors (Lipinski definition) is 6. The summed E-state index contributed by atoms with van der Waals surface area (Å²) in [6.07, 6.45) is 0. The summed E-state index contributed by atoms with van der Waals surface area (Å²) in [4.78, 5) is 28.0. The molecule has 14 heteroatoms. The quantitative estimate of drug-likeness (QED) is 0.0441. The summed E-state index contributed by atoms with van der Waals surface area (Å²) in [6, 6.07) is 19.6. The second-order valence-electron chi connectivity index (χ2n) is 11.3. The lowest BCUT2D eigenvalue weighted by Gasteiger charge is -2.24. The number of aliphatic hydroxyl groups is 2. The van der Waals surface area contributed by atoms with Crippen LogP contribution in [0.1, 0.15) is 31.8 Å². The highest BCUT2D eigenvalue weighted by Crippen LogP contribution is 2.43. The second-order valence-corrected chi connectivity index (χ2v) is 11.3. The van der Waals surface area contributed by atoms with Crippen LogP contribution in [0, 0.1) is 0 Å². The molecule has 0 aliphatic heterocycles. The summed E-state index contributed by atoms with van der Waals surface area (Å²) in [5, 5.41) is 45.4. The van der Waals surface area contributed by atoms with Gasteiger partial charge < -0.3 is 59.5 Å². The summed E-state index contributed by atoms with van der Waals surface area (Å²) in [7, 11) is 0. The lowest BCUT2D eigenvalue weighted by molar-refractivity contribution is 0.0247. The third kappa shape index (κ3) is 9.97. The van der Waals surface area contributed by atoms with Crippen molar-refractivity contribution in [1.82, 2.24) is 0 Å². The summed E-state index contributed by atoms with van der Waals surface area (Å²) < 4.78 is 32.5. The fourth-order valence-corrected chi connectivity index (χ4v) is 5.36. The molecule has 4 aromatic rings. The van der Waals surface area contributed by atoms with Gasteiger partial charge in [0.05, 0.1) is 99.7 Å². The first-order valence-electron chi connectivity index (χ1n) is 16.7. The molecule has 6 N–H and O–H groups in total. The molecule has 0 heterocycles. The highest BCUT2D eigenvalue weighted by atomic mass is 16.6. The number of carbonyl (C=O) groups is 2. The Morgan fingerprint density at radius 2 is 0.769 bits per heavy atom. The summed E-state index contributed by atoms with van der Waals surface area (Å²) >= 11 is 0. The number of ketones is 2. The van der Waals surface area contributed by atoms with Crippen LogP contribution in [0.4, 0.5) is 22.7 Å². The Kier molecular flexibility index (Phi) is 14.2. The Hall–Kier alpha value is -5.22. The molecule has 0 fully saturated rings. The molecule has 276 valence electrons. The van der Waals surface area contributed by atoms with Crippen LogP contribution >= 0.6 is 0 Å². The second kappa shape index (κ2) is 19.4. The number of rotatable bonds is 22. The first-order chi connectivity index (χ1) is 25.4. The zero-order chi connectivity index (χ0) is 36.7. The third-order valence-corrected chi connectivity index (χ3v) is 7.75. The number of carbonyl (C=O) groups excluding carboxylic acids is 2. The SMILES string of the molecule is O=C1c2c(O)ccc(Nc3ccc(OCCOCCOCCO)cc3)c2C(=O)c2c(O)ccc(Nc3ccc(OCCOCCOCCO)cc3)c21. The van der Waals surface area contributed by atoms with E-state index in [0.717, 1.165) is 0 Å². The summed E-state index contributed by atoms with van der Waals surface area (Å²) in [5.74, 6) is -0.809. The van der Waals surface area contributed by atoms with Gasteiger partial charge in [-0.05, 0) is 72.8 Å². The fourth-order valence-electron chi connectivity index (χ4n) is 5.36. The predicted molar refractivity (Wildman–Crippen MR) is 191 cm³/mol. The van der Waals surface area contributed by atoms with E-state index in [2.05, 4.69) is 10.6 Å². The maximum absolute atomic E-state index is 14.0. The van der Waals surface area contributed by atoms with E-state index in [1.165, 1.54) is 24.3 Å². The van der Waals surface area contributed by atoms with Gasteiger partial charge >= 0.3 is 0 Å². The Bertz CT molecular complexity index is 1650. The smallest absolute Gasteiger partial charge is 0.200 e. The first kappa shape index (κ1) is 38.0. The van der Waals surface area contributed by atoms with Gasteiger partial charge in [0.25, 0.3) is 0 Å². The maximum atomic E-state index is 14.0. The molecule has 0 saturated carbocycles. The molecule has 5 rings (SSSR count). The van der Waals surface area contributed by atoms with Gasteiger partial charge in [-0.3, -0.25) is 9.59 Å². The Balaban J connectivity index is 1.23. The first-order valence-corrected chi connectivity index (χ1v) is 16.7. The van der Waals surface area contributed by atoms with E-state index >= 15 is 0 Å². The maximum Gasteiger partial charge on any atom is 0.200 e. The molecule has 1 aliphatic carbocycles. The number of anilines is 4. The lowest BCUT2D eigenvalue weighted by Crippen LogP contribution is -2.23. The van der Waals surface area contributed by atoms with Crippen molar-refractivity contribution in [3.8, 4) is 23.0 Å². The highest BCUT2D eigenvalue weighted by molar-refractivity contribution is 6.33. The van der Waals surface area contributed by atoms with E-state index in [-0.39, 0.29) is 71.6 Å². The number of fused-ring (bicyclic) bond motifs is 2. The van der Waals surface area contributed by atoms with Gasteiger partial charge in [-0.25, -0.2) is 0 Å². The number of ether oxygens (including phenoxy) is 6. The van der Waals surface area contributed by atoms with Gasteiger partial charge in [0.1, 0.15) is 36.2 Å². The summed E-state index contributed by atoms with van der Waals surface area (Å²) in [6.45, 7) is 3.34. The van der Waals surface area contributed by atoms with Gasteiger partial charge in [0.2, 0.25) is 11.6 Å². The molecule has 0 radical (unpaired) electrons. The van der Waals surface area contributed by atoms with Gasteiger partial charge in [-0.15, -0.1) is 0 Å². The van der Waals surface area contributed by atoms with Crippen LogP contribution < -0.4 is 20.1 Å². The van der Waals surface area contributed by atoms with E-state index in [9.17, 15) is 19.8 Å². The minimum atomic E-state index is -0.628. The van der Waals surface area contributed by atoms with Crippen LogP contribution in [0.25, 0.3) is 0 Å². The molecule has 14 nitrogen and oxygen atoms in total. The molecule has 52 heavy (non-hydrogen) atoms. The molecule has 0 unspecified atom stereocenters. The molecule has 0 atom stereocenters.